The summed E-state index contributed by atoms with van der Waals surface area (Å²) < 4.78 is 0.784. The van der Waals surface area contributed by atoms with Gasteiger partial charge in [0, 0.05) is 10.7 Å². The zero-order chi connectivity index (χ0) is 9.84. The van der Waals surface area contributed by atoms with Crippen molar-refractivity contribution in [1.82, 2.24) is 4.98 Å². The van der Waals surface area contributed by atoms with Gasteiger partial charge in [0.05, 0.1) is 4.90 Å². The minimum absolute atomic E-state index is 0.112. The summed E-state index contributed by atoms with van der Waals surface area (Å²) in [4.78, 5) is 15.3. The first-order chi connectivity index (χ1) is 6.16. The standard InChI is InChI=1S/C8H8BrNO2S/c1-2-13-7-5(9)3-4-10-6(7)8(11)12/h3-4H,2H2,1H3,(H,11,12). The molecule has 0 atom stereocenters. The molecule has 0 unspecified atom stereocenters. The maximum Gasteiger partial charge on any atom is 0.355 e. The van der Waals surface area contributed by atoms with Crippen LogP contribution in [0.25, 0.3) is 0 Å². The molecule has 70 valence electrons. The highest BCUT2D eigenvalue weighted by Crippen LogP contribution is 2.29. The van der Waals surface area contributed by atoms with E-state index in [0.29, 0.717) is 4.90 Å². The molecule has 0 saturated heterocycles. The van der Waals surface area contributed by atoms with E-state index >= 15 is 0 Å². The first-order valence-electron chi connectivity index (χ1n) is 3.67. The first kappa shape index (κ1) is 10.5. The Hall–Kier alpha value is -0.550. The smallest absolute Gasteiger partial charge is 0.355 e. The maximum atomic E-state index is 10.8. The van der Waals surface area contributed by atoms with Gasteiger partial charge in [0.15, 0.2) is 5.69 Å². The zero-order valence-electron chi connectivity index (χ0n) is 6.95. The molecule has 0 aliphatic carbocycles. The number of hydrogen-bond acceptors (Lipinski definition) is 3. The summed E-state index contributed by atoms with van der Waals surface area (Å²) in [5.41, 5.74) is 0.112. The molecule has 0 aromatic carbocycles. The monoisotopic (exact) mass is 261 g/mol. The summed E-state index contributed by atoms with van der Waals surface area (Å²) in [5, 5.41) is 8.82. The van der Waals surface area contributed by atoms with Gasteiger partial charge in [0.1, 0.15) is 0 Å². The molecular formula is C8H8BrNO2S. The van der Waals surface area contributed by atoms with Crippen molar-refractivity contribution >= 4 is 33.7 Å². The van der Waals surface area contributed by atoms with Gasteiger partial charge in [-0.15, -0.1) is 11.8 Å². The van der Waals surface area contributed by atoms with Crippen molar-refractivity contribution in [3.8, 4) is 0 Å². The van der Waals surface area contributed by atoms with Crippen LogP contribution in [0.15, 0.2) is 21.6 Å². The van der Waals surface area contributed by atoms with Crippen LogP contribution in [0.1, 0.15) is 17.4 Å². The molecule has 0 saturated carbocycles. The Morgan fingerprint density at radius 1 is 1.77 bits per heavy atom. The van der Waals surface area contributed by atoms with E-state index in [1.165, 1.54) is 18.0 Å². The van der Waals surface area contributed by atoms with Crippen LogP contribution in [0.3, 0.4) is 0 Å². The number of nitrogens with zero attached hydrogens (tertiary/aromatic N) is 1. The van der Waals surface area contributed by atoms with Crippen LogP contribution in [-0.4, -0.2) is 21.8 Å². The average Bonchev–Trinajstić information content (AvgIpc) is 2.08. The van der Waals surface area contributed by atoms with E-state index in [0.717, 1.165) is 10.2 Å². The third kappa shape index (κ3) is 2.45. The Balaban J connectivity index is 3.17. The van der Waals surface area contributed by atoms with Crippen LogP contribution in [0.2, 0.25) is 0 Å². The third-order valence-electron chi connectivity index (χ3n) is 1.35. The minimum atomic E-state index is -0.989. The van der Waals surface area contributed by atoms with Crippen molar-refractivity contribution in [3.05, 3.63) is 22.4 Å². The number of carboxylic acids is 1. The summed E-state index contributed by atoms with van der Waals surface area (Å²) >= 11 is 4.76. The molecule has 5 heteroatoms. The van der Waals surface area contributed by atoms with Crippen LogP contribution in [0, 0.1) is 0 Å². The predicted molar refractivity (Wildman–Crippen MR) is 55.3 cm³/mol. The Bertz CT molecular complexity index is 330. The molecule has 0 fully saturated rings. The number of pyridine rings is 1. The lowest BCUT2D eigenvalue weighted by atomic mass is 10.3. The molecule has 0 aliphatic heterocycles. The number of aromatic carboxylic acids is 1. The molecule has 0 spiro atoms. The number of halogens is 1. The van der Waals surface area contributed by atoms with Crippen molar-refractivity contribution in [3.63, 3.8) is 0 Å². The summed E-state index contributed by atoms with van der Waals surface area (Å²) in [6.07, 6.45) is 1.48. The summed E-state index contributed by atoms with van der Waals surface area (Å²) in [6.45, 7) is 1.97. The molecule has 1 rings (SSSR count). The number of carbonyl (C=O) groups is 1. The molecule has 1 heterocycles. The zero-order valence-corrected chi connectivity index (χ0v) is 9.35. The summed E-state index contributed by atoms with van der Waals surface area (Å²) in [5.74, 6) is -0.165. The van der Waals surface area contributed by atoms with Crippen LogP contribution < -0.4 is 0 Å². The number of rotatable bonds is 3. The number of thioether (sulfide) groups is 1. The lowest BCUT2D eigenvalue weighted by molar-refractivity contribution is 0.0686. The van der Waals surface area contributed by atoms with E-state index in [2.05, 4.69) is 20.9 Å². The Morgan fingerprint density at radius 3 is 3.00 bits per heavy atom. The van der Waals surface area contributed by atoms with E-state index in [-0.39, 0.29) is 5.69 Å². The Morgan fingerprint density at radius 2 is 2.46 bits per heavy atom. The molecular weight excluding hydrogens is 254 g/mol. The van der Waals surface area contributed by atoms with Gasteiger partial charge in [-0.1, -0.05) is 6.92 Å². The molecule has 0 bridgehead atoms. The highest BCUT2D eigenvalue weighted by atomic mass is 79.9. The fourth-order valence-corrected chi connectivity index (χ4v) is 2.28. The molecule has 3 nitrogen and oxygen atoms in total. The van der Waals surface area contributed by atoms with Crippen molar-refractivity contribution in [1.29, 1.82) is 0 Å². The normalized spacial score (nSPS) is 10.0. The molecule has 0 radical (unpaired) electrons. The van der Waals surface area contributed by atoms with Crippen LogP contribution in [0.4, 0.5) is 0 Å². The molecule has 1 aromatic heterocycles. The van der Waals surface area contributed by atoms with Gasteiger partial charge in [0.25, 0.3) is 0 Å². The predicted octanol–water partition coefficient (Wildman–Crippen LogP) is 2.65. The average molecular weight is 262 g/mol. The fraction of sp³-hybridized carbons (Fsp3) is 0.250. The quantitative estimate of drug-likeness (QED) is 0.851. The van der Waals surface area contributed by atoms with Gasteiger partial charge >= 0.3 is 5.97 Å². The van der Waals surface area contributed by atoms with E-state index < -0.39 is 5.97 Å². The second-order valence-electron chi connectivity index (χ2n) is 2.21. The first-order valence-corrected chi connectivity index (χ1v) is 5.45. The minimum Gasteiger partial charge on any atom is -0.476 e. The van der Waals surface area contributed by atoms with Crippen LogP contribution in [0.5, 0.6) is 0 Å². The fourth-order valence-electron chi connectivity index (χ4n) is 0.859. The lowest BCUT2D eigenvalue weighted by Crippen LogP contribution is -2.02. The number of hydrogen-bond donors (Lipinski definition) is 1. The highest BCUT2D eigenvalue weighted by molar-refractivity contribution is 9.10. The van der Waals surface area contributed by atoms with Gasteiger partial charge in [-0.2, -0.15) is 0 Å². The van der Waals surface area contributed by atoms with E-state index in [4.69, 9.17) is 5.11 Å². The summed E-state index contributed by atoms with van der Waals surface area (Å²) in [6, 6.07) is 1.74. The van der Waals surface area contributed by atoms with Crippen molar-refractivity contribution < 1.29 is 9.90 Å². The van der Waals surface area contributed by atoms with Crippen LogP contribution >= 0.6 is 27.7 Å². The lowest BCUT2D eigenvalue weighted by Gasteiger charge is -2.04. The van der Waals surface area contributed by atoms with Gasteiger partial charge in [-0.25, -0.2) is 9.78 Å². The second kappa shape index (κ2) is 4.62. The van der Waals surface area contributed by atoms with Gasteiger partial charge in [0.2, 0.25) is 0 Å². The molecule has 13 heavy (non-hydrogen) atoms. The van der Waals surface area contributed by atoms with Gasteiger partial charge in [-0.05, 0) is 27.7 Å². The van der Waals surface area contributed by atoms with E-state index in [1.807, 2.05) is 6.92 Å². The molecule has 1 aromatic rings. The Kier molecular flexibility index (Phi) is 3.74. The Labute approximate surface area is 88.7 Å². The van der Waals surface area contributed by atoms with Crippen molar-refractivity contribution in [2.75, 3.05) is 5.75 Å². The highest BCUT2D eigenvalue weighted by Gasteiger charge is 2.13. The van der Waals surface area contributed by atoms with E-state index in [1.54, 1.807) is 6.07 Å². The van der Waals surface area contributed by atoms with Gasteiger partial charge < -0.3 is 5.11 Å². The third-order valence-corrected chi connectivity index (χ3v) is 3.26. The second-order valence-corrected chi connectivity index (χ2v) is 4.34. The van der Waals surface area contributed by atoms with Crippen molar-refractivity contribution in [2.45, 2.75) is 11.8 Å². The van der Waals surface area contributed by atoms with Crippen molar-refractivity contribution in [2.24, 2.45) is 0 Å². The molecule has 0 aliphatic rings. The largest absolute Gasteiger partial charge is 0.476 e. The maximum absolute atomic E-state index is 10.8. The molecule has 1 N–H and O–H groups in total. The molecule has 0 amide bonds. The SMILES string of the molecule is CCSc1c(Br)ccnc1C(=O)O. The van der Waals surface area contributed by atoms with Crippen LogP contribution in [-0.2, 0) is 0 Å². The van der Waals surface area contributed by atoms with Gasteiger partial charge in [-0.3, -0.25) is 0 Å². The number of aromatic nitrogens is 1. The van der Waals surface area contributed by atoms with E-state index in [9.17, 15) is 4.79 Å². The number of carboxylic acid groups (broad SMARTS) is 1. The topological polar surface area (TPSA) is 50.2 Å². The summed E-state index contributed by atoms with van der Waals surface area (Å²) in [7, 11) is 0.